The van der Waals surface area contributed by atoms with Crippen LogP contribution in [0.25, 0.3) is 0 Å². The van der Waals surface area contributed by atoms with Crippen molar-refractivity contribution in [3.05, 3.63) is 35.4 Å². The van der Waals surface area contributed by atoms with Gasteiger partial charge in [0.2, 0.25) is 5.91 Å². The highest BCUT2D eigenvalue weighted by molar-refractivity contribution is 5.94. The summed E-state index contributed by atoms with van der Waals surface area (Å²) in [6, 6.07) is 6.35. The summed E-state index contributed by atoms with van der Waals surface area (Å²) in [5, 5.41) is 0. The Kier molecular flexibility index (Phi) is 7.13. The molecule has 1 aromatic rings. The minimum atomic E-state index is -4.36. The molecule has 2 saturated heterocycles. The standard InChI is InChI=1S/C20H25F3N2O4/c21-20(22,23)14-29-13-15-3-5-16(6-4-15)18(26)25-7-1-2-17(12-25)19(27)24-8-10-28-11-9-24/h3-6,17H,1-2,7-14H2. The molecule has 0 saturated carbocycles. The molecule has 9 heteroatoms. The SMILES string of the molecule is O=C(c1ccc(COCC(F)(F)F)cc1)N1CCCC(C(=O)N2CCOCC2)C1. The maximum atomic E-state index is 12.8. The van der Waals surface area contributed by atoms with E-state index in [0.29, 0.717) is 50.5 Å². The number of hydrogen-bond acceptors (Lipinski definition) is 4. The number of carbonyl (C=O) groups is 2. The van der Waals surface area contributed by atoms with Crippen molar-refractivity contribution >= 4 is 11.8 Å². The van der Waals surface area contributed by atoms with Crippen LogP contribution in [-0.4, -0.2) is 73.8 Å². The van der Waals surface area contributed by atoms with Crippen molar-refractivity contribution in [2.24, 2.45) is 5.92 Å². The molecule has 0 radical (unpaired) electrons. The van der Waals surface area contributed by atoms with Crippen LogP contribution in [0.2, 0.25) is 0 Å². The van der Waals surface area contributed by atoms with Crippen LogP contribution in [-0.2, 0) is 20.9 Å². The van der Waals surface area contributed by atoms with E-state index in [1.807, 2.05) is 0 Å². The predicted octanol–water partition coefficient (Wildman–Crippen LogP) is 2.48. The number of benzene rings is 1. The van der Waals surface area contributed by atoms with Crippen LogP contribution in [0.1, 0.15) is 28.8 Å². The molecule has 1 unspecified atom stereocenters. The third-order valence-electron chi connectivity index (χ3n) is 5.12. The van der Waals surface area contributed by atoms with Gasteiger partial charge in [0.25, 0.3) is 5.91 Å². The number of halogens is 3. The van der Waals surface area contributed by atoms with Crippen LogP contribution in [0.5, 0.6) is 0 Å². The van der Waals surface area contributed by atoms with E-state index in [4.69, 9.17) is 4.74 Å². The lowest BCUT2D eigenvalue weighted by Crippen LogP contribution is -2.49. The van der Waals surface area contributed by atoms with E-state index in [9.17, 15) is 22.8 Å². The van der Waals surface area contributed by atoms with Gasteiger partial charge in [0.15, 0.2) is 0 Å². The fraction of sp³-hybridized carbons (Fsp3) is 0.600. The summed E-state index contributed by atoms with van der Waals surface area (Å²) in [4.78, 5) is 29.0. The Balaban J connectivity index is 1.54. The normalized spacial score (nSPS) is 20.6. The molecule has 2 amide bonds. The number of hydrogen-bond donors (Lipinski definition) is 0. The first-order valence-electron chi connectivity index (χ1n) is 9.73. The number of ether oxygens (including phenoxy) is 2. The molecular weight excluding hydrogens is 389 g/mol. The number of carbonyl (C=O) groups excluding carboxylic acids is 2. The van der Waals surface area contributed by atoms with Gasteiger partial charge >= 0.3 is 6.18 Å². The number of amides is 2. The molecular formula is C20H25F3N2O4. The van der Waals surface area contributed by atoms with E-state index >= 15 is 0 Å². The molecule has 1 aromatic carbocycles. The molecule has 160 valence electrons. The average molecular weight is 414 g/mol. The molecule has 2 fully saturated rings. The van der Waals surface area contributed by atoms with Crippen molar-refractivity contribution < 1.29 is 32.2 Å². The van der Waals surface area contributed by atoms with Crippen LogP contribution in [0.3, 0.4) is 0 Å². The Morgan fingerprint density at radius 1 is 1.07 bits per heavy atom. The Labute approximate surface area is 167 Å². The van der Waals surface area contributed by atoms with E-state index in [-0.39, 0.29) is 24.3 Å². The molecule has 0 N–H and O–H groups in total. The molecule has 0 bridgehead atoms. The quantitative estimate of drug-likeness (QED) is 0.743. The topological polar surface area (TPSA) is 59.1 Å². The van der Waals surface area contributed by atoms with Crippen LogP contribution in [0, 0.1) is 5.92 Å². The highest BCUT2D eigenvalue weighted by atomic mass is 19.4. The summed E-state index contributed by atoms with van der Waals surface area (Å²) in [5.74, 6) is -0.309. The first-order valence-corrected chi connectivity index (χ1v) is 9.73. The summed E-state index contributed by atoms with van der Waals surface area (Å²) < 4.78 is 46.3. The Bertz CT molecular complexity index is 703. The first kappa shape index (κ1) is 21.6. The molecule has 29 heavy (non-hydrogen) atoms. The molecule has 2 aliphatic heterocycles. The smallest absolute Gasteiger partial charge is 0.378 e. The highest BCUT2D eigenvalue weighted by Crippen LogP contribution is 2.22. The molecule has 2 aliphatic rings. The minimum absolute atomic E-state index is 0.0722. The zero-order chi connectivity index (χ0) is 20.9. The number of morpholine rings is 1. The van der Waals surface area contributed by atoms with Crippen molar-refractivity contribution in [3.8, 4) is 0 Å². The molecule has 0 aliphatic carbocycles. The lowest BCUT2D eigenvalue weighted by atomic mass is 9.95. The number of likely N-dealkylation sites (tertiary alicyclic amines) is 1. The zero-order valence-corrected chi connectivity index (χ0v) is 16.1. The largest absolute Gasteiger partial charge is 0.411 e. The summed E-state index contributed by atoms with van der Waals surface area (Å²) in [6.07, 6.45) is -2.84. The summed E-state index contributed by atoms with van der Waals surface area (Å²) in [5.41, 5.74) is 1.01. The van der Waals surface area contributed by atoms with Gasteiger partial charge in [0, 0.05) is 31.7 Å². The van der Waals surface area contributed by atoms with Gasteiger partial charge in [-0.3, -0.25) is 9.59 Å². The Morgan fingerprint density at radius 3 is 2.41 bits per heavy atom. The minimum Gasteiger partial charge on any atom is -0.378 e. The predicted molar refractivity (Wildman–Crippen MR) is 98.2 cm³/mol. The van der Waals surface area contributed by atoms with Crippen molar-refractivity contribution in [3.63, 3.8) is 0 Å². The van der Waals surface area contributed by atoms with Crippen LogP contribution < -0.4 is 0 Å². The monoisotopic (exact) mass is 414 g/mol. The second kappa shape index (κ2) is 9.58. The van der Waals surface area contributed by atoms with Crippen LogP contribution >= 0.6 is 0 Å². The van der Waals surface area contributed by atoms with E-state index in [1.165, 1.54) is 0 Å². The molecule has 3 rings (SSSR count). The number of alkyl halides is 3. The first-order chi connectivity index (χ1) is 13.8. The molecule has 1 atom stereocenters. The van der Waals surface area contributed by atoms with Gasteiger partial charge in [-0.1, -0.05) is 12.1 Å². The maximum absolute atomic E-state index is 12.8. The van der Waals surface area contributed by atoms with Gasteiger partial charge in [0.1, 0.15) is 6.61 Å². The van der Waals surface area contributed by atoms with Crippen LogP contribution in [0.15, 0.2) is 24.3 Å². The van der Waals surface area contributed by atoms with E-state index in [1.54, 1.807) is 34.1 Å². The summed E-state index contributed by atoms with van der Waals surface area (Å²) >= 11 is 0. The second-order valence-electron chi connectivity index (χ2n) is 7.33. The lowest BCUT2D eigenvalue weighted by molar-refractivity contribution is -0.176. The second-order valence-corrected chi connectivity index (χ2v) is 7.33. The number of nitrogens with zero attached hydrogens (tertiary/aromatic N) is 2. The third kappa shape index (κ3) is 6.17. The Morgan fingerprint density at radius 2 is 1.76 bits per heavy atom. The third-order valence-corrected chi connectivity index (χ3v) is 5.12. The van der Waals surface area contributed by atoms with Gasteiger partial charge in [-0.2, -0.15) is 13.2 Å². The molecule has 0 aromatic heterocycles. The fourth-order valence-electron chi connectivity index (χ4n) is 3.62. The van der Waals surface area contributed by atoms with Gasteiger partial charge in [-0.05, 0) is 30.5 Å². The number of piperidine rings is 1. The van der Waals surface area contributed by atoms with Crippen molar-refractivity contribution in [1.29, 1.82) is 0 Å². The van der Waals surface area contributed by atoms with Crippen molar-refractivity contribution in [2.45, 2.75) is 25.6 Å². The van der Waals surface area contributed by atoms with Gasteiger partial charge in [0.05, 0.1) is 25.7 Å². The highest BCUT2D eigenvalue weighted by Gasteiger charge is 2.32. The summed E-state index contributed by atoms with van der Waals surface area (Å²) in [7, 11) is 0. The summed E-state index contributed by atoms with van der Waals surface area (Å²) in [6.45, 7) is 1.74. The van der Waals surface area contributed by atoms with Crippen LogP contribution in [0.4, 0.5) is 13.2 Å². The maximum Gasteiger partial charge on any atom is 0.411 e. The Hall–Kier alpha value is -2.13. The molecule has 6 nitrogen and oxygen atoms in total. The van der Waals surface area contributed by atoms with Gasteiger partial charge < -0.3 is 19.3 Å². The van der Waals surface area contributed by atoms with Crippen molar-refractivity contribution in [2.75, 3.05) is 46.0 Å². The molecule has 2 heterocycles. The van der Waals surface area contributed by atoms with E-state index in [2.05, 4.69) is 4.74 Å². The number of rotatable bonds is 5. The van der Waals surface area contributed by atoms with E-state index < -0.39 is 12.8 Å². The molecule has 0 spiro atoms. The van der Waals surface area contributed by atoms with E-state index in [0.717, 1.165) is 12.8 Å². The lowest BCUT2D eigenvalue weighted by Gasteiger charge is -2.36. The average Bonchev–Trinajstić information content (AvgIpc) is 2.73. The zero-order valence-electron chi connectivity index (χ0n) is 16.1. The van der Waals surface area contributed by atoms with Crippen molar-refractivity contribution in [1.82, 2.24) is 9.80 Å². The van der Waals surface area contributed by atoms with Gasteiger partial charge in [-0.15, -0.1) is 0 Å². The fourth-order valence-corrected chi connectivity index (χ4v) is 3.62. The van der Waals surface area contributed by atoms with Gasteiger partial charge in [-0.25, -0.2) is 0 Å².